The summed E-state index contributed by atoms with van der Waals surface area (Å²) >= 11 is 0. The van der Waals surface area contributed by atoms with Gasteiger partial charge in [0.1, 0.15) is 0 Å². The van der Waals surface area contributed by atoms with E-state index < -0.39 is 95.7 Å². The topological polar surface area (TPSA) is 9.86 Å². The van der Waals surface area contributed by atoms with Gasteiger partial charge in [0, 0.05) is 32.9 Å². The third-order valence-corrected chi connectivity index (χ3v) is 6.59. The molecule has 0 aliphatic heterocycles. The standard InChI is InChI=1S/C36H24N2/c1-3-11-27(12-4-1)37-33-17-9-7-15-29(33)31-23-25(19-21-35(31)37)26-20-22-36-32(24-26)30-16-8-10-18-34(30)38(36)28-13-5-2-6-14-28/h1-24H/i7D,8D,9D,10D,15D,16D,17D,18D,19D,20D,21D,22D,23D,24D. The number of aromatic nitrogens is 2. The van der Waals surface area contributed by atoms with Gasteiger partial charge in [-0.05, 0) is 71.6 Å². The van der Waals surface area contributed by atoms with E-state index in [1.807, 2.05) is 0 Å². The molecule has 0 radical (unpaired) electrons. The summed E-state index contributed by atoms with van der Waals surface area (Å²) in [6.07, 6.45) is 0. The van der Waals surface area contributed by atoms with Gasteiger partial charge in [0.2, 0.25) is 0 Å². The van der Waals surface area contributed by atoms with E-state index >= 15 is 0 Å². The second-order valence-electron chi connectivity index (χ2n) is 8.74. The molecule has 2 heterocycles. The lowest BCUT2D eigenvalue weighted by atomic mass is 10.0. The van der Waals surface area contributed by atoms with Crippen LogP contribution >= 0.6 is 0 Å². The van der Waals surface area contributed by atoms with Crippen molar-refractivity contribution in [2.24, 2.45) is 0 Å². The molecule has 8 rings (SSSR count). The van der Waals surface area contributed by atoms with Crippen LogP contribution in [0.5, 0.6) is 0 Å². The van der Waals surface area contributed by atoms with Crippen LogP contribution in [0, 0.1) is 0 Å². The van der Waals surface area contributed by atoms with Crippen LogP contribution in [0.2, 0.25) is 0 Å². The molecule has 0 aliphatic carbocycles. The molecule has 0 unspecified atom stereocenters. The summed E-state index contributed by atoms with van der Waals surface area (Å²) in [7, 11) is 0. The zero-order chi connectivity index (χ0) is 37.2. The molecule has 0 N–H and O–H groups in total. The first kappa shape index (κ1) is 11.5. The van der Waals surface area contributed by atoms with Crippen molar-refractivity contribution in [1.82, 2.24) is 9.13 Å². The minimum atomic E-state index is -0.595. The van der Waals surface area contributed by atoms with Gasteiger partial charge in [-0.3, -0.25) is 0 Å². The molecule has 6 aromatic carbocycles. The minimum absolute atomic E-state index is 0.0264. The maximum absolute atomic E-state index is 9.55. The highest BCUT2D eigenvalue weighted by atomic mass is 15.0. The molecule has 2 aromatic heterocycles. The molecule has 178 valence electrons. The molecule has 2 nitrogen and oxygen atoms in total. The van der Waals surface area contributed by atoms with Crippen molar-refractivity contribution in [3.8, 4) is 22.5 Å². The van der Waals surface area contributed by atoms with Crippen molar-refractivity contribution in [1.29, 1.82) is 0 Å². The highest BCUT2D eigenvalue weighted by Crippen LogP contribution is 2.38. The van der Waals surface area contributed by atoms with E-state index in [2.05, 4.69) is 0 Å². The van der Waals surface area contributed by atoms with Crippen LogP contribution < -0.4 is 0 Å². The van der Waals surface area contributed by atoms with E-state index in [1.165, 1.54) is 9.13 Å². The normalized spacial score (nSPS) is 16.8. The van der Waals surface area contributed by atoms with Crippen molar-refractivity contribution in [3.63, 3.8) is 0 Å². The molecular weight excluding hydrogens is 460 g/mol. The van der Waals surface area contributed by atoms with Gasteiger partial charge < -0.3 is 9.13 Å². The molecule has 0 saturated carbocycles. The van der Waals surface area contributed by atoms with Crippen LogP contribution in [0.25, 0.3) is 66.1 Å². The number of rotatable bonds is 3. The Kier molecular flexibility index (Phi) is 2.50. The highest BCUT2D eigenvalue weighted by Gasteiger charge is 2.15. The van der Waals surface area contributed by atoms with E-state index in [0.717, 1.165) is 0 Å². The van der Waals surface area contributed by atoms with Crippen molar-refractivity contribution in [2.45, 2.75) is 0 Å². The molecular formula is C36H24N2. The van der Waals surface area contributed by atoms with Gasteiger partial charge in [0.05, 0.1) is 41.3 Å². The predicted molar refractivity (Wildman–Crippen MR) is 161 cm³/mol. The first-order valence-corrected chi connectivity index (χ1v) is 11.9. The van der Waals surface area contributed by atoms with Crippen molar-refractivity contribution in [3.05, 3.63) is 145 Å². The van der Waals surface area contributed by atoms with E-state index in [1.54, 1.807) is 60.7 Å². The van der Waals surface area contributed by atoms with Crippen LogP contribution in [-0.4, -0.2) is 9.13 Å². The fourth-order valence-corrected chi connectivity index (χ4v) is 4.95. The SMILES string of the molecule is [2H]c1c([2H])c([2H])c2c(c1[2H])c1c([2H])c(-c3c([2H])c([2H])c4c(c3[2H])c3c([2H])c([2H])c([2H])c([2H])c3n4-c3ccccc3)c([2H])c([2H])c1n2-c1ccccc1. The fourth-order valence-electron chi connectivity index (χ4n) is 4.95. The average Bonchev–Trinajstić information content (AvgIpc) is 3.70. The first-order chi connectivity index (χ1) is 24.7. The van der Waals surface area contributed by atoms with Crippen LogP contribution in [0.3, 0.4) is 0 Å². The van der Waals surface area contributed by atoms with Gasteiger partial charge >= 0.3 is 0 Å². The maximum atomic E-state index is 9.55. The zero-order valence-electron chi connectivity index (χ0n) is 33.7. The molecule has 38 heavy (non-hydrogen) atoms. The van der Waals surface area contributed by atoms with Crippen LogP contribution in [-0.2, 0) is 0 Å². The lowest BCUT2D eigenvalue weighted by Crippen LogP contribution is -1.93. The van der Waals surface area contributed by atoms with Crippen molar-refractivity contribution in [2.75, 3.05) is 0 Å². The van der Waals surface area contributed by atoms with E-state index in [0.29, 0.717) is 11.4 Å². The number of nitrogens with zero attached hydrogens (tertiary/aromatic N) is 2. The number of hydrogen-bond acceptors (Lipinski definition) is 0. The van der Waals surface area contributed by atoms with E-state index in [-0.39, 0.29) is 43.6 Å². The number of para-hydroxylation sites is 4. The Bertz CT molecular complexity index is 2680. The Labute approximate surface area is 240 Å². The molecule has 8 aromatic rings. The molecule has 0 fully saturated rings. The largest absolute Gasteiger partial charge is 0.309 e. The second kappa shape index (κ2) is 8.22. The van der Waals surface area contributed by atoms with Crippen LogP contribution in [0.4, 0.5) is 0 Å². The smallest absolute Gasteiger partial charge is 0.0645 e. The molecule has 0 amide bonds. The monoisotopic (exact) mass is 498 g/mol. The average molecular weight is 499 g/mol. The fraction of sp³-hybridized carbons (Fsp3) is 0. The third kappa shape index (κ3) is 3.07. The summed E-state index contributed by atoms with van der Waals surface area (Å²) in [5.41, 5.74) is -0.130. The minimum Gasteiger partial charge on any atom is -0.309 e. The Morgan fingerprint density at radius 3 is 1.24 bits per heavy atom. The third-order valence-electron chi connectivity index (χ3n) is 6.59. The van der Waals surface area contributed by atoms with E-state index in [4.69, 9.17) is 11.0 Å². The summed E-state index contributed by atoms with van der Waals surface area (Å²) < 4.78 is 128. The Morgan fingerprint density at radius 1 is 0.395 bits per heavy atom. The van der Waals surface area contributed by atoms with E-state index in [9.17, 15) is 8.22 Å². The molecule has 0 spiro atoms. The molecule has 0 atom stereocenters. The van der Waals surface area contributed by atoms with Gasteiger partial charge in [0.15, 0.2) is 0 Å². The summed E-state index contributed by atoms with van der Waals surface area (Å²) in [6.45, 7) is 0. The van der Waals surface area contributed by atoms with Gasteiger partial charge in [-0.1, -0.05) is 84.7 Å². The first-order valence-electron chi connectivity index (χ1n) is 18.9. The molecule has 0 aliphatic rings. The Hall–Kier alpha value is -5.08. The van der Waals surface area contributed by atoms with Crippen LogP contribution in [0.15, 0.2) is 145 Å². The summed E-state index contributed by atoms with van der Waals surface area (Å²) in [6, 6.07) is 9.71. The zero-order valence-corrected chi connectivity index (χ0v) is 19.7. The summed E-state index contributed by atoms with van der Waals surface area (Å²) in [5, 5.41) is -0.406. The van der Waals surface area contributed by atoms with Crippen molar-refractivity contribution >= 4 is 43.6 Å². The Balaban J connectivity index is 1.62. The van der Waals surface area contributed by atoms with Gasteiger partial charge in [0.25, 0.3) is 0 Å². The summed E-state index contributed by atoms with van der Waals surface area (Å²) in [5.74, 6) is 0. The van der Waals surface area contributed by atoms with Gasteiger partial charge in [-0.15, -0.1) is 0 Å². The van der Waals surface area contributed by atoms with Crippen molar-refractivity contribution < 1.29 is 19.2 Å². The predicted octanol–water partition coefficient (Wildman–Crippen LogP) is 9.55. The number of fused-ring (bicyclic) bond motifs is 6. The lowest BCUT2D eigenvalue weighted by molar-refractivity contribution is 1.18. The molecule has 2 heteroatoms. The summed E-state index contributed by atoms with van der Waals surface area (Å²) in [4.78, 5) is 0. The quantitative estimate of drug-likeness (QED) is 0.229. The second-order valence-corrected chi connectivity index (χ2v) is 8.74. The maximum Gasteiger partial charge on any atom is 0.0645 e. The van der Waals surface area contributed by atoms with Crippen LogP contribution in [0.1, 0.15) is 19.2 Å². The highest BCUT2D eigenvalue weighted by molar-refractivity contribution is 6.12. The number of hydrogen-bond donors (Lipinski definition) is 0. The molecule has 0 bridgehead atoms. The lowest BCUT2D eigenvalue weighted by Gasteiger charge is -2.09. The van der Waals surface area contributed by atoms with Gasteiger partial charge in [-0.2, -0.15) is 0 Å². The number of benzene rings is 6. The molecule has 0 saturated heterocycles. The van der Waals surface area contributed by atoms with Gasteiger partial charge in [-0.25, -0.2) is 0 Å². The Morgan fingerprint density at radius 2 is 0.789 bits per heavy atom.